The van der Waals surface area contributed by atoms with Crippen molar-refractivity contribution < 1.29 is 9.90 Å². The predicted molar refractivity (Wildman–Crippen MR) is 155 cm³/mol. The molecule has 0 unspecified atom stereocenters. The highest BCUT2D eigenvalue weighted by atomic mass is 16.3. The summed E-state index contributed by atoms with van der Waals surface area (Å²) in [6.45, 7) is 2.50. The number of nitrogens with one attached hydrogen (secondary N) is 2. The van der Waals surface area contributed by atoms with Gasteiger partial charge in [0, 0.05) is 67.4 Å². The summed E-state index contributed by atoms with van der Waals surface area (Å²) in [7, 11) is 3.78. The van der Waals surface area contributed by atoms with E-state index in [0.717, 1.165) is 61.4 Å². The molecule has 3 aromatic rings. The van der Waals surface area contributed by atoms with E-state index in [-0.39, 0.29) is 24.7 Å². The molecule has 0 fully saturated rings. The number of aryl methyl sites for hydroxylation is 1. The van der Waals surface area contributed by atoms with Gasteiger partial charge in [-0.1, -0.05) is 5.57 Å². The second kappa shape index (κ2) is 10.0. The summed E-state index contributed by atoms with van der Waals surface area (Å²) >= 11 is 0. The zero-order valence-electron chi connectivity index (χ0n) is 23.4. The average Bonchev–Trinajstić information content (AvgIpc) is 3.56. The van der Waals surface area contributed by atoms with Crippen molar-refractivity contribution in [3.05, 3.63) is 74.6 Å². The molecule has 2 aliphatic heterocycles. The zero-order chi connectivity index (χ0) is 28.2. The van der Waals surface area contributed by atoms with Crippen LogP contribution in [0, 0.1) is 0 Å². The van der Waals surface area contributed by atoms with Crippen LogP contribution in [-0.2, 0) is 31.5 Å². The molecule has 0 spiro atoms. The van der Waals surface area contributed by atoms with E-state index in [1.165, 1.54) is 22.1 Å². The lowest BCUT2D eigenvalue weighted by Gasteiger charge is -2.31. The second-order valence-electron chi connectivity index (χ2n) is 11.4. The van der Waals surface area contributed by atoms with Gasteiger partial charge in [-0.2, -0.15) is 5.10 Å². The van der Waals surface area contributed by atoms with E-state index in [1.807, 2.05) is 16.8 Å². The Morgan fingerprint density at radius 3 is 2.80 bits per heavy atom. The fourth-order valence-corrected chi connectivity index (χ4v) is 6.59. The van der Waals surface area contributed by atoms with Crippen LogP contribution in [0.4, 0.5) is 17.3 Å². The van der Waals surface area contributed by atoms with Crippen LogP contribution in [0.15, 0.2) is 57.8 Å². The van der Waals surface area contributed by atoms with Crippen molar-refractivity contribution >= 4 is 23.2 Å². The normalized spacial score (nSPS) is 18.8. The molecule has 4 aliphatic rings. The van der Waals surface area contributed by atoms with Gasteiger partial charge < -0.3 is 20.3 Å². The number of pyridine rings is 2. The van der Waals surface area contributed by atoms with E-state index in [9.17, 15) is 14.7 Å². The van der Waals surface area contributed by atoms with Crippen LogP contribution in [0.5, 0.6) is 0 Å². The smallest absolute Gasteiger partial charge is 0.274 e. The lowest BCUT2D eigenvalue weighted by Crippen LogP contribution is -2.45. The van der Waals surface area contributed by atoms with Gasteiger partial charge in [-0.25, -0.2) is 4.98 Å². The third kappa shape index (κ3) is 4.36. The monoisotopic (exact) mass is 554 g/mol. The summed E-state index contributed by atoms with van der Waals surface area (Å²) in [6.07, 6.45) is 8.48. The quantitative estimate of drug-likeness (QED) is 0.441. The molecule has 2 aliphatic carbocycles. The number of allylic oxidation sites excluding steroid dienone is 2. The van der Waals surface area contributed by atoms with Crippen LogP contribution < -0.4 is 21.1 Å². The van der Waals surface area contributed by atoms with E-state index in [2.05, 4.69) is 32.7 Å². The second-order valence-corrected chi connectivity index (χ2v) is 11.4. The van der Waals surface area contributed by atoms with Gasteiger partial charge in [-0.05, 0) is 56.0 Å². The maximum absolute atomic E-state index is 13.7. The van der Waals surface area contributed by atoms with Gasteiger partial charge in [0.15, 0.2) is 5.82 Å². The number of hydrogen-bond donors (Lipinski definition) is 3. The summed E-state index contributed by atoms with van der Waals surface area (Å²) in [5.74, 6) is 0.974. The molecule has 11 heteroatoms. The van der Waals surface area contributed by atoms with Crippen LogP contribution >= 0.6 is 0 Å². The van der Waals surface area contributed by atoms with Gasteiger partial charge in [0.25, 0.3) is 11.5 Å². The summed E-state index contributed by atoms with van der Waals surface area (Å²) in [4.78, 5) is 35.3. The molecule has 3 N–H and O–H groups in total. The first-order valence-corrected chi connectivity index (χ1v) is 14.2. The van der Waals surface area contributed by atoms with Gasteiger partial charge in [0.05, 0.1) is 25.5 Å². The molecule has 0 saturated heterocycles. The molecule has 0 radical (unpaired) electrons. The van der Waals surface area contributed by atoms with E-state index in [0.29, 0.717) is 34.9 Å². The van der Waals surface area contributed by atoms with Gasteiger partial charge in [0.1, 0.15) is 11.5 Å². The topological polar surface area (TPSA) is 121 Å². The standard InChI is InChI=1S/C30H34N8O3/c1-35-9-10-38-20(15-35)13-26(34-38)33-25-12-19(14-36(2)30(25)41)21-7-8-31-28(24(21)16-39)37-17-32-27-22-6-4-3-5-18(22)11-23(27)29(37)40/h7-8,12-14,32,39H,3-6,9-11,15-17H2,1-2H3,(H,33,34). The number of rotatable bonds is 5. The molecular weight excluding hydrogens is 520 g/mol. The number of nitrogens with zero attached hydrogens (tertiary/aromatic N) is 6. The number of anilines is 3. The number of amides is 1. The van der Waals surface area contributed by atoms with Gasteiger partial charge in [0.2, 0.25) is 0 Å². The van der Waals surface area contributed by atoms with Crippen molar-refractivity contribution in [1.82, 2.24) is 29.5 Å². The number of fused-ring (bicyclic) bond motifs is 2. The Hall–Kier alpha value is -4.22. The van der Waals surface area contributed by atoms with Crippen LogP contribution in [0.25, 0.3) is 11.1 Å². The third-order valence-corrected chi connectivity index (χ3v) is 8.69. The van der Waals surface area contributed by atoms with Gasteiger partial charge in [-0.15, -0.1) is 0 Å². The first-order valence-electron chi connectivity index (χ1n) is 14.2. The maximum atomic E-state index is 13.7. The van der Waals surface area contributed by atoms with Crippen molar-refractivity contribution in [3.8, 4) is 11.1 Å². The Bertz CT molecular complexity index is 1700. The Kier molecular flexibility index (Phi) is 6.28. The first kappa shape index (κ1) is 25.7. The lowest BCUT2D eigenvalue weighted by molar-refractivity contribution is -0.115. The largest absolute Gasteiger partial charge is 0.392 e. The van der Waals surface area contributed by atoms with E-state index in [1.54, 1.807) is 30.4 Å². The molecule has 0 atom stereocenters. The molecule has 3 aromatic heterocycles. The van der Waals surface area contributed by atoms with Gasteiger partial charge in [-0.3, -0.25) is 24.1 Å². The van der Waals surface area contributed by atoms with E-state index < -0.39 is 0 Å². The fraction of sp³-hybridized carbons (Fsp3) is 0.400. The Morgan fingerprint density at radius 2 is 1.95 bits per heavy atom. The molecule has 41 heavy (non-hydrogen) atoms. The maximum Gasteiger partial charge on any atom is 0.274 e. The highest BCUT2D eigenvalue weighted by Gasteiger charge is 2.37. The van der Waals surface area contributed by atoms with Gasteiger partial charge >= 0.3 is 0 Å². The minimum absolute atomic E-state index is 0.0651. The van der Waals surface area contributed by atoms with E-state index >= 15 is 0 Å². The molecule has 7 rings (SSSR count). The van der Waals surface area contributed by atoms with E-state index in [4.69, 9.17) is 0 Å². The summed E-state index contributed by atoms with van der Waals surface area (Å²) in [5.41, 5.74) is 7.74. The van der Waals surface area contributed by atoms with Crippen molar-refractivity contribution in [2.24, 2.45) is 7.05 Å². The number of likely N-dealkylation sites (N-methyl/N-ethyl adjacent to an activating group) is 1. The Balaban J connectivity index is 1.22. The van der Waals surface area contributed by atoms with Crippen LogP contribution in [0.1, 0.15) is 43.4 Å². The molecule has 212 valence electrons. The van der Waals surface area contributed by atoms with Crippen molar-refractivity contribution in [1.29, 1.82) is 0 Å². The van der Waals surface area contributed by atoms with Crippen LogP contribution in [-0.4, -0.2) is 55.5 Å². The molecule has 0 bridgehead atoms. The Morgan fingerprint density at radius 1 is 1.10 bits per heavy atom. The molecule has 0 aromatic carbocycles. The molecular formula is C30H34N8O3. The lowest BCUT2D eigenvalue weighted by atomic mass is 9.93. The van der Waals surface area contributed by atoms with Crippen molar-refractivity contribution in [3.63, 3.8) is 0 Å². The summed E-state index contributed by atoms with van der Waals surface area (Å²) in [5, 5.41) is 21.9. The number of aliphatic hydroxyl groups excluding tert-OH is 1. The van der Waals surface area contributed by atoms with Crippen LogP contribution in [0.2, 0.25) is 0 Å². The SMILES string of the molecule is CN1CCn2nc(Nc3cc(-c4ccnc(N5CNC6=C(CC7=C6CCCC7)C5=O)c4CO)cn(C)c3=O)cc2C1. The van der Waals surface area contributed by atoms with Crippen LogP contribution in [0.3, 0.4) is 0 Å². The molecule has 0 saturated carbocycles. The molecule has 11 nitrogen and oxygen atoms in total. The summed E-state index contributed by atoms with van der Waals surface area (Å²) in [6, 6.07) is 5.56. The number of aliphatic hydroxyl groups is 1. The average molecular weight is 555 g/mol. The molecule has 1 amide bonds. The first-order chi connectivity index (χ1) is 19.9. The minimum Gasteiger partial charge on any atom is -0.392 e. The summed E-state index contributed by atoms with van der Waals surface area (Å²) < 4.78 is 3.48. The fourth-order valence-electron chi connectivity index (χ4n) is 6.59. The highest BCUT2D eigenvalue weighted by Crippen LogP contribution is 2.42. The number of aromatic nitrogens is 4. The van der Waals surface area contributed by atoms with Crippen molar-refractivity contribution in [2.45, 2.75) is 51.8 Å². The highest BCUT2D eigenvalue weighted by molar-refractivity contribution is 6.08. The number of hydrogen-bond acceptors (Lipinski definition) is 8. The zero-order valence-corrected chi connectivity index (χ0v) is 23.4. The number of carbonyl (C=O) groups excluding carboxylic acids is 1. The number of carbonyl (C=O) groups is 1. The predicted octanol–water partition coefficient (Wildman–Crippen LogP) is 2.75. The molecule has 5 heterocycles. The van der Waals surface area contributed by atoms with Crippen molar-refractivity contribution in [2.75, 3.05) is 30.5 Å². The third-order valence-electron chi connectivity index (χ3n) is 8.69. The minimum atomic E-state index is -0.310. The Labute approximate surface area is 237 Å².